The van der Waals surface area contributed by atoms with Crippen molar-refractivity contribution in [2.24, 2.45) is 13.0 Å². The highest BCUT2D eigenvalue weighted by atomic mass is 19.4. The van der Waals surface area contributed by atoms with Crippen LogP contribution >= 0.6 is 0 Å². The molecular weight excluding hydrogens is 697 g/mol. The van der Waals surface area contributed by atoms with E-state index in [2.05, 4.69) is 21.8 Å². The van der Waals surface area contributed by atoms with E-state index in [1.165, 1.54) is 34.7 Å². The van der Waals surface area contributed by atoms with Crippen LogP contribution in [0, 0.1) is 17.2 Å². The molecule has 11 nitrogen and oxygen atoms in total. The van der Waals surface area contributed by atoms with Crippen molar-refractivity contribution in [3.63, 3.8) is 0 Å². The second kappa shape index (κ2) is 16.8. The molecule has 1 saturated carbocycles. The number of nitrogens with one attached hydrogen (secondary N) is 2. The molecule has 2 N–H and O–H groups in total. The molecule has 3 aromatic carbocycles. The molecule has 0 spiro atoms. The fourth-order valence-electron chi connectivity index (χ4n) is 6.38. The second-order valence-electron chi connectivity index (χ2n) is 14.2. The van der Waals surface area contributed by atoms with Crippen LogP contribution < -0.4 is 16.2 Å². The van der Waals surface area contributed by atoms with E-state index in [-0.39, 0.29) is 34.8 Å². The molecule has 1 aliphatic rings. The number of nitrogens with zero attached hydrogens (tertiary/aromatic N) is 6. The lowest BCUT2D eigenvalue weighted by molar-refractivity contribution is -0.869. The second-order valence-corrected chi connectivity index (χ2v) is 14.2. The summed E-state index contributed by atoms with van der Waals surface area (Å²) in [6.07, 6.45) is -1.01. The Bertz CT molecular complexity index is 2120. The third kappa shape index (κ3) is 9.53. The van der Waals surface area contributed by atoms with Crippen LogP contribution in [0.2, 0.25) is 0 Å². The monoisotopic (exact) mass is 741 g/mol. The summed E-state index contributed by atoms with van der Waals surface area (Å²) in [4.78, 5) is 40.8. The Labute approximate surface area is 311 Å². The van der Waals surface area contributed by atoms with Crippen LogP contribution in [-0.4, -0.2) is 75.7 Å². The predicted molar refractivity (Wildman–Crippen MR) is 199 cm³/mol. The first kappa shape index (κ1) is 39.3. The first-order valence-electron chi connectivity index (χ1n) is 17.6. The number of rotatable bonds is 9. The van der Waals surface area contributed by atoms with Crippen molar-refractivity contribution in [2.75, 3.05) is 34.2 Å². The van der Waals surface area contributed by atoms with Gasteiger partial charge in [-0.15, -0.1) is 0 Å². The maximum atomic E-state index is 14.1. The summed E-state index contributed by atoms with van der Waals surface area (Å²) in [6.45, 7) is 1.35. The summed E-state index contributed by atoms with van der Waals surface area (Å²) in [5.74, 6) is -0.879. The number of hydrogen-bond acceptors (Lipinski definition) is 5. The van der Waals surface area contributed by atoms with E-state index in [1.807, 2.05) is 57.5 Å². The molecule has 0 atom stereocenters. The highest BCUT2D eigenvalue weighted by Gasteiger charge is 2.34. The Morgan fingerprint density at radius 3 is 2.11 bits per heavy atom. The number of likely N-dealkylation sites (N-methyl/N-ethyl adjacent to an activating group) is 1. The van der Waals surface area contributed by atoms with E-state index < -0.39 is 23.2 Å². The third-order valence-electron chi connectivity index (χ3n) is 9.22. The number of nitriles is 1. The quantitative estimate of drug-likeness (QED) is 0.187. The minimum atomic E-state index is -4.65. The summed E-state index contributed by atoms with van der Waals surface area (Å²) in [5.41, 5.74) is -0.635. The fourth-order valence-corrected chi connectivity index (χ4v) is 6.38. The molecule has 0 unspecified atom stereocenters. The normalized spacial score (nSPS) is 15.7. The SMILES string of the molecule is Cn1c(-c2ccnn2-c2ccc(C#N)cc2)c(C(=O)NC2CCC(C(=O)NCC[N+](C)(C)C)CC2)c(=O)n1-c1cccc(C(F)(F)F)c1.c1ccccc1. The number of amides is 2. The van der Waals surface area contributed by atoms with Crippen LogP contribution in [0.15, 0.2) is 102 Å². The number of quaternary nitrogens is 1. The lowest BCUT2D eigenvalue weighted by Gasteiger charge is -2.29. The fraction of sp³-hybridized carbons (Fsp3) is 0.325. The molecular formula is C40H44F3N8O3+. The van der Waals surface area contributed by atoms with Crippen LogP contribution in [0.1, 0.15) is 47.2 Å². The largest absolute Gasteiger partial charge is 0.416 e. The standard InChI is InChI=1S/C34H37F3N8O3.C6H6/c1-42-30(28-16-17-40-43(28)26-14-8-22(21-38)9-15-26)29(33(48)44(42)27-7-5-6-24(20-27)34(35,36)37)32(47)41-25-12-10-23(11-13-25)31(46)39-18-19-45(2,3)4;1-2-4-6-5-3-1/h5-9,14-17,20,23,25H,10-13,18-19H2,1-4H3,(H-,39,41,46,47);1-6H/p+1. The molecule has 0 bridgehead atoms. The maximum Gasteiger partial charge on any atom is 0.416 e. The first-order valence-corrected chi connectivity index (χ1v) is 17.6. The van der Waals surface area contributed by atoms with E-state index in [0.717, 1.165) is 27.8 Å². The van der Waals surface area contributed by atoms with Gasteiger partial charge in [0.25, 0.3) is 11.5 Å². The Hall–Kier alpha value is -5.94. The average Bonchev–Trinajstić information content (AvgIpc) is 3.73. The van der Waals surface area contributed by atoms with Gasteiger partial charge < -0.3 is 15.1 Å². The molecule has 1 aliphatic carbocycles. The van der Waals surface area contributed by atoms with Gasteiger partial charge in [0.2, 0.25) is 5.91 Å². The number of aromatic nitrogens is 4. The van der Waals surface area contributed by atoms with Crippen molar-refractivity contribution in [1.29, 1.82) is 5.26 Å². The molecule has 2 aromatic heterocycles. The number of carbonyl (C=O) groups excluding carboxylic acids is 2. The van der Waals surface area contributed by atoms with Crippen LogP contribution in [0.25, 0.3) is 22.8 Å². The zero-order valence-electron chi connectivity index (χ0n) is 30.7. The van der Waals surface area contributed by atoms with Gasteiger partial charge in [-0.1, -0.05) is 42.5 Å². The van der Waals surface area contributed by atoms with Crippen LogP contribution in [0.4, 0.5) is 13.2 Å². The van der Waals surface area contributed by atoms with E-state index in [9.17, 15) is 32.8 Å². The van der Waals surface area contributed by atoms with Crippen molar-refractivity contribution in [2.45, 2.75) is 37.9 Å². The molecule has 0 saturated heterocycles. The molecule has 2 amide bonds. The van der Waals surface area contributed by atoms with Crippen molar-refractivity contribution in [3.8, 4) is 28.8 Å². The van der Waals surface area contributed by atoms with Crippen LogP contribution in [-0.2, 0) is 18.0 Å². The maximum absolute atomic E-state index is 14.1. The van der Waals surface area contributed by atoms with E-state index in [1.54, 1.807) is 30.3 Å². The molecule has 6 rings (SSSR count). The number of carbonyl (C=O) groups is 2. The summed E-state index contributed by atoms with van der Waals surface area (Å²) < 4.78 is 45.5. The summed E-state index contributed by atoms with van der Waals surface area (Å²) in [5, 5.41) is 19.6. The topological polar surface area (TPSA) is 127 Å². The Kier molecular flexibility index (Phi) is 12.2. The number of alkyl halides is 3. The van der Waals surface area contributed by atoms with Gasteiger partial charge in [0.15, 0.2) is 0 Å². The van der Waals surface area contributed by atoms with Crippen molar-refractivity contribution < 1.29 is 27.2 Å². The Morgan fingerprint density at radius 2 is 1.54 bits per heavy atom. The van der Waals surface area contributed by atoms with Crippen molar-refractivity contribution in [3.05, 3.63) is 124 Å². The van der Waals surface area contributed by atoms with Gasteiger partial charge in [-0.2, -0.15) is 23.5 Å². The van der Waals surface area contributed by atoms with Gasteiger partial charge in [-0.05, 0) is 74.2 Å². The molecule has 14 heteroatoms. The van der Waals surface area contributed by atoms with Gasteiger partial charge >= 0.3 is 6.18 Å². The molecule has 1 fully saturated rings. The Balaban J connectivity index is 0.000000850. The molecule has 282 valence electrons. The zero-order valence-corrected chi connectivity index (χ0v) is 30.7. The lowest BCUT2D eigenvalue weighted by Crippen LogP contribution is -2.45. The average molecular weight is 742 g/mol. The molecule has 5 aromatic rings. The Morgan fingerprint density at radius 1 is 0.907 bits per heavy atom. The molecule has 0 aliphatic heterocycles. The van der Waals surface area contributed by atoms with Gasteiger partial charge in [0.1, 0.15) is 11.3 Å². The summed E-state index contributed by atoms with van der Waals surface area (Å²) in [7, 11) is 7.64. The molecule has 2 heterocycles. The number of benzene rings is 3. The van der Waals surface area contributed by atoms with Gasteiger partial charge in [-0.3, -0.25) is 19.1 Å². The number of halogens is 3. The lowest BCUT2D eigenvalue weighted by atomic mass is 9.85. The predicted octanol–water partition coefficient (Wildman–Crippen LogP) is 5.72. The van der Waals surface area contributed by atoms with Crippen molar-refractivity contribution >= 4 is 11.8 Å². The van der Waals surface area contributed by atoms with Crippen molar-refractivity contribution in [1.82, 2.24) is 29.8 Å². The van der Waals surface area contributed by atoms with E-state index in [0.29, 0.717) is 49.2 Å². The van der Waals surface area contributed by atoms with Crippen LogP contribution in [0.5, 0.6) is 0 Å². The highest BCUT2D eigenvalue weighted by molar-refractivity contribution is 6.00. The van der Waals surface area contributed by atoms with E-state index >= 15 is 0 Å². The minimum Gasteiger partial charge on any atom is -0.350 e. The minimum absolute atomic E-state index is 0.0152. The first-order chi connectivity index (χ1) is 25.7. The van der Waals surface area contributed by atoms with Gasteiger partial charge in [-0.25, -0.2) is 9.36 Å². The molecule has 54 heavy (non-hydrogen) atoms. The smallest absolute Gasteiger partial charge is 0.350 e. The summed E-state index contributed by atoms with van der Waals surface area (Å²) >= 11 is 0. The van der Waals surface area contributed by atoms with Crippen LogP contribution in [0.3, 0.4) is 0 Å². The third-order valence-corrected chi connectivity index (χ3v) is 9.22. The summed E-state index contributed by atoms with van der Waals surface area (Å²) in [6, 6.07) is 26.2. The molecule has 0 radical (unpaired) electrons. The zero-order chi connectivity index (χ0) is 39.0. The van der Waals surface area contributed by atoms with Gasteiger partial charge in [0, 0.05) is 19.0 Å². The van der Waals surface area contributed by atoms with E-state index in [4.69, 9.17) is 0 Å². The highest BCUT2D eigenvalue weighted by Crippen LogP contribution is 2.32. The van der Waals surface area contributed by atoms with Gasteiger partial charge in [0.05, 0.1) is 74.7 Å². The number of hydrogen-bond donors (Lipinski definition) is 2.